The van der Waals surface area contributed by atoms with E-state index in [2.05, 4.69) is 41.8 Å². The topological polar surface area (TPSA) is 117 Å². The Labute approximate surface area is 238 Å². The van der Waals surface area contributed by atoms with Crippen LogP contribution in [0.3, 0.4) is 0 Å². The first-order chi connectivity index (χ1) is 18.5. The Morgan fingerprint density at radius 1 is 1.10 bits per heavy atom. The summed E-state index contributed by atoms with van der Waals surface area (Å²) in [5.41, 5.74) is 2.36. The molecule has 0 aromatic heterocycles. The van der Waals surface area contributed by atoms with Gasteiger partial charge in [0.15, 0.2) is 6.10 Å². The number of amides is 1. The number of likely N-dealkylation sites (N-methyl/N-ethyl adjacent to an activating group) is 1. The molecule has 1 fully saturated rings. The highest BCUT2D eigenvalue weighted by molar-refractivity contribution is 6.17. The van der Waals surface area contributed by atoms with Gasteiger partial charge in [-0.25, -0.2) is 4.79 Å². The number of rotatable bonds is 16. The molecule has 1 aliphatic heterocycles. The summed E-state index contributed by atoms with van der Waals surface area (Å²) in [6.07, 6.45) is 5.29. The van der Waals surface area contributed by atoms with Gasteiger partial charge in [-0.3, -0.25) is 9.59 Å². The van der Waals surface area contributed by atoms with Crippen molar-refractivity contribution in [2.45, 2.75) is 85.0 Å². The van der Waals surface area contributed by atoms with Gasteiger partial charge in [0.05, 0.1) is 12.0 Å². The third-order valence-corrected chi connectivity index (χ3v) is 6.59. The molecule has 0 saturated carbocycles. The Morgan fingerprint density at radius 3 is 2.31 bits per heavy atom. The molecular weight excluding hydrogens is 520 g/mol. The predicted octanol–water partition coefficient (Wildman–Crippen LogP) is 5.25. The quantitative estimate of drug-likeness (QED) is 0.108. The molecule has 8 nitrogen and oxygen atoms in total. The average Bonchev–Trinajstić information content (AvgIpc) is 3.70. The van der Waals surface area contributed by atoms with E-state index >= 15 is 0 Å². The minimum atomic E-state index is -1.08. The first-order valence-electron chi connectivity index (χ1n) is 13.9. The van der Waals surface area contributed by atoms with E-state index in [4.69, 9.17) is 26.2 Å². The van der Waals surface area contributed by atoms with Crippen molar-refractivity contribution in [1.82, 2.24) is 10.6 Å². The normalized spacial score (nSPS) is 18.6. The van der Waals surface area contributed by atoms with E-state index in [-0.39, 0.29) is 23.8 Å². The molecule has 3 N–H and O–H groups in total. The molecular formula is C30H47ClN2O6. The van der Waals surface area contributed by atoms with Gasteiger partial charge in [0, 0.05) is 19.0 Å². The maximum atomic E-state index is 11.6. The number of halogens is 1. The molecule has 1 saturated heterocycles. The van der Waals surface area contributed by atoms with Crippen LogP contribution in [0.4, 0.5) is 0 Å². The zero-order valence-corrected chi connectivity index (χ0v) is 25.0. The fourth-order valence-electron chi connectivity index (χ4n) is 3.90. The first-order valence-corrected chi connectivity index (χ1v) is 14.5. The van der Waals surface area contributed by atoms with Gasteiger partial charge in [0.2, 0.25) is 5.91 Å². The van der Waals surface area contributed by atoms with Gasteiger partial charge >= 0.3 is 11.9 Å². The van der Waals surface area contributed by atoms with E-state index in [1.54, 1.807) is 13.0 Å². The lowest BCUT2D eigenvalue weighted by Gasteiger charge is -2.18. The third-order valence-electron chi connectivity index (χ3n) is 6.28. The molecule has 9 heteroatoms. The van der Waals surface area contributed by atoms with Gasteiger partial charge in [-0.05, 0) is 61.8 Å². The minimum absolute atomic E-state index is 0.0184. The number of aliphatic carboxylic acids is 1. The van der Waals surface area contributed by atoms with Gasteiger partial charge in [0.25, 0.3) is 0 Å². The first kappa shape index (κ1) is 34.6. The summed E-state index contributed by atoms with van der Waals surface area (Å²) in [6.45, 7) is 13.5. The lowest BCUT2D eigenvalue weighted by Crippen LogP contribution is -2.34. The second kappa shape index (κ2) is 18.8. The number of nitrogens with one attached hydrogen (secondary N) is 2. The maximum absolute atomic E-state index is 11.6. The average molecular weight is 567 g/mol. The fourth-order valence-corrected chi connectivity index (χ4v) is 4.07. The minimum Gasteiger partial charge on any atom is -0.479 e. The highest BCUT2D eigenvalue weighted by atomic mass is 35.5. The van der Waals surface area contributed by atoms with E-state index in [0.717, 1.165) is 24.9 Å². The maximum Gasteiger partial charge on any atom is 0.345 e. The van der Waals surface area contributed by atoms with E-state index in [1.807, 2.05) is 33.8 Å². The van der Waals surface area contributed by atoms with E-state index < -0.39 is 18.0 Å². The van der Waals surface area contributed by atoms with Crippen molar-refractivity contribution in [2.75, 3.05) is 19.6 Å². The van der Waals surface area contributed by atoms with Gasteiger partial charge < -0.3 is 25.2 Å². The number of epoxide rings is 1. The van der Waals surface area contributed by atoms with Gasteiger partial charge in [0.1, 0.15) is 6.10 Å². The van der Waals surface area contributed by atoms with Crippen molar-refractivity contribution < 1.29 is 29.0 Å². The number of ether oxygens (including phenoxy) is 2. The van der Waals surface area contributed by atoms with Gasteiger partial charge in [-0.15, -0.1) is 11.6 Å². The van der Waals surface area contributed by atoms with Crippen LogP contribution >= 0.6 is 11.6 Å². The van der Waals surface area contributed by atoms with Crippen molar-refractivity contribution >= 4 is 29.4 Å². The zero-order chi connectivity index (χ0) is 29.4. The van der Waals surface area contributed by atoms with Crippen molar-refractivity contribution in [3.8, 4) is 0 Å². The number of allylic oxidation sites excluding steroid dienone is 1. The number of carboxylic acids is 1. The largest absolute Gasteiger partial charge is 0.479 e. The van der Waals surface area contributed by atoms with Crippen molar-refractivity contribution in [2.24, 2.45) is 17.8 Å². The molecule has 0 spiro atoms. The summed E-state index contributed by atoms with van der Waals surface area (Å²) < 4.78 is 10.8. The number of hydrogen-bond donors (Lipinski definition) is 3. The SMILES string of the molecule is CCNC(=O)/C=C/CC[C@H](C)C1OC1c1ccc(CCl)cc1.CCNC[C@@H](C)C(=O)O[C@@H](CC(C)C)C(=O)O. The monoisotopic (exact) mass is 566 g/mol. The number of alkyl halides is 1. The second-order valence-electron chi connectivity index (χ2n) is 10.4. The molecule has 0 bridgehead atoms. The number of carboxylic acid groups (broad SMARTS) is 1. The van der Waals surface area contributed by atoms with Crippen LogP contribution in [0.5, 0.6) is 0 Å². The molecule has 0 radical (unpaired) electrons. The molecule has 1 aromatic carbocycles. The molecule has 5 atom stereocenters. The van der Waals surface area contributed by atoms with Crippen LogP contribution in [0.15, 0.2) is 36.4 Å². The van der Waals surface area contributed by atoms with Gasteiger partial charge in [-0.2, -0.15) is 0 Å². The van der Waals surface area contributed by atoms with E-state index in [0.29, 0.717) is 37.4 Å². The van der Waals surface area contributed by atoms with Crippen molar-refractivity contribution in [3.05, 3.63) is 47.5 Å². The summed E-state index contributed by atoms with van der Waals surface area (Å²) in [4.78, 5) is 33.8. The summed E-state index contributed by atoms with van der Waals surface area (Å²) >= 11 is 5.80. The van der Waals surface area contributed by atoms with Crippen LogP contribution in [0, 0.1) is 17.8 Å². The van der Waals surface area contributed by atoms with Gasteiger partial charge in [-0.1, -0.05) is 65.0 Å². The molecule has 0 aliphatic carbocycles. The number of esters is 1. The Hall–Kier alpha value is -2.42. The number of benzene rings is 1. The highest BCUT2D eigenvalue weighted by Gasteiger charge is 2.43. The van der Waals surface area contributed by atoms with E-state index in [9.17, 15) is 14.4 Å². The molecule has 1 aromatic rings. The zero-order valence-electron chi connectivity index (χ0n) is 24.2. The van der Waals surface area contributed by atoms with Crippen LogP contribution in [-0.4, -0.2) is 54.8 Å². The molecule has 1 aliphatic rings. The summed E-state index contributed by atoms with van der Waals surface area (Å²) in [5, 5.41) is 14.7. The Morgan fingerprint density at radius 2 is 1.77 bits per heavy atom. The molecule has 1 heterocycles. The summed E-state index contributed by atoms with van der Waals surface area (Å²) in [6, 6.07) is 8.32. The second-order valence-corrected chi connectivity index (χ2v) is 10.6. The van der Waals surface area contributed by atoms with Crippen LogP contribution in [0.2, 0.25) is 0 Å². The molecule has 2 rings (SSSR count). The smallest absolute Gasteiger partial charge is 0.345 e. The summed E-state index contributed by atoms with van der Waals surface area (Å²) in [5.74, 6) is -0.686. The number of carbonyl (C=O) groups excluding carboxylic acids is 2. The lowest BCUT2D eigenvalue weighted by atomic mass is 9.96. The third kappa shape index (κ3) is 14.0. The fraction of sp³-hybridized carbons (Fsp3) is 0.633. The standard InChI is InChI=1S/C18H24ClNO2.C12H23NO4/c1-3-20-16(21)7-5-4-6-13(2)17-18(22-17)15-10-8-14(12-19)9-11-15;1-5-13-7-9(4)12(16)17-10(11(14)15)6-8(2)3/h5,7-11,13,17-18H,3-4,6,12H2,1-2H3,(H,20,21);8-10,13H,5-7H2,1-4H3,(H,14,15)/b7-5+;/t13-,17?,18?;9-,10+/m01/s1. The molecule has 1 amide bonds. The Bertz CT molecular complexity index is 905. The molecule has 39 heavy (non-hydrogen) atoms. The van der Waals surface area contributed by atoms with Crippen molar-refractivity contribution in [3.63, 3.8) is 0 Å². The lowest BCUT2D eigenvalue weighted by molar-refractivity contribution is -0.167. The predicted molar refractivity (Wildman–Crippen MR) is 155 cm³/mol. The molecule has 2 unspecified atom stereocenters. The van der Waals surface area contributed by atoms with E-state index in [1.165, 1.54) is 5.56 Å². The van der Waals surface area contributed by atoms with Crippen LogP contribution in [0.1, 0.15) is 78.0 Å². The van der Waals surface area contributed by atoms with Crippen LogP contribution in [-0.2, 0) is 29.7 Å². The molecule has 220 valence electrons. The Kier molecular flexibility index (Phi) is 16.7. The summed E-state index contributed by atoms with van der Waals surface area (Å²) in [7, 11) is 0. The van der Waals surface area contributed by atoms with Crippen LogP contribution in [0.25, 0.3) is 0 Å². The Balaban J connectivity index is 0.000000406. The highest BCUT2D eigenvalue weighted by Crippen LogP contribution is 2.44. The number of hydrogen-bond acceptors (Lipinski definition) is 6. The number of carbonyl (C=O) groups is 3. The van der Waals surface area contributed by atoms with Crippen LogP contribution < -0.4 is 10.6 Å². The van der Waals surface area contributed by atoms with Crippen molar-refractivity contribution in [1.29, 1.82) is 0 Å².